The number of hydrogen-bond acceptors (Lipinski definition) is 3. The minimum absolute atomic E-state index is 0.121. The average Bonchev–Trinajstić information content (AvgIpc) is 3.04. The van der Waals surface area contributed by atoms with Crippen molar-refractivity contribution in [1.82, 2.24) is 9.78 Å². The number of halogens is 1. The van der Waals surface area contributed by atoms with Crippen LogP contribution in [0.25, 0.3) is 23.0 Å². The van der Waals surface area contributed by atoms with Crippen molar-refractivity contribution in [3.8, 4) is 23.0 Å². The van der Waals surface area contributed by atoms with Crippen LogP contribution in [-0.4, -0.2) is 15.7 Å². The summed E-state index contributed by atoms with van der Waals surface area (Å²) in [6.07, 6.45) is 3.23. The second kappa shape index (κ2) is 7.16. The molecule has 122 valence electrons. The van der Waals surface area contributed by atoms with Gasteiger partial charge in [-0.2, -0.15) is 10.4 Å². The van der Waals surface area contributed by atoms with Gasteiger partial charge in [0.2, 0.25) is 0 Å². The van der Waals surface area contributed by atoms with Crippen molar-refractivity contribution >= 4 is 27.9 Å². The maximum absolute atomic E-state index is 11.4. The Morgan fingerprint density at radius 2 is 1.96 bits per heavy atom. The van der Waals surface area contributed by atoms with Crippen LogP contribution in [-0.2, 0) is 4.79 Å². The maximum Gasteiger partial charge on any atom is 0.259 e. The zero-order valence-corrected chi connectivity index (χ0v) is 14.6. The van der Waals surface area contributed by atoms with Crippen LogP contribution in [0.3, 0.4) is 0 Å². The van der Waals surface area contributed by atoms with Crippen molar-refractivity contribution in [3.63, 3.8) is 0 Å². The summed E-state index contributed by atoms with van der Waals surface area (Å²) < 4.78 is 2.61. The zero-order chi connectivity index (χ0) is 17.8. The number of hydrogen-bond donors (Lipinski definition) is 1. The second-order valence-corrected chi connectivity index (χ2v) is 6.17. The minimum Gasteiger partial charge on any atom is -0.365 e. The molecule has 0 aliphatic heterocycles. The highest BCUT2D eigenvalue weighted by molar-refractivity contribution is 9.10. The zero-order valence-electron chi connectivity index (χ0n) is 13.1. The Bertz CT molecular complexity index is 1000. The van der Waals surface area contributed by atoms with Crippen LogP contribution in [0.1, 0.15) is 5.56 Å². The van der Waals surface area contributed by atoms with Gasteiger partial charge in [-0.25, -0.2) is 4.68 Å². The van der Waals surface area contributed by atoms with Crippen molar-refractivity contribution in [2.45, 2.75) is 0 Å². The van der Waals surface area contributed by atoms with Gasteiger partial charge in [0.1, 0.15) is 17.3 Å². The lowest BCUT2D eigenvalue weighted by Crippen LogP contribution is -2.12. The summed E-state index contributed by atoms with van der Waals surface area (Å²) in [5, 5.41) is 13.8. The van der Waals surface area contributed by atoms with Gasteiger partial charge in [-0.1, -0.05) is 46.3 Å². The van der Waals surface area contributed by atoms with Gasteiger partial charge in [-0.05, 0) is 30.3 Å². The van der Waals surface area contributed by atoms with E-state index in [4.69, 9.17) is 11.0 Å². The Morgan fingerprint density at radius 1 is 1.20 bits per heavy atom. The Labute approximate surface area is 153 Å². The summed E-state index contributed by atoms with van der Waals surface area (Å²) in [5.74, 6) is -0.768. The Morgan fingerprint density at radius 3 is 2.60 bits per heavy atom. The van der Waals surface area contributed by atoms with Gasteiger partial charge in [-0.15, -0.1) is 0 Å². The number of benzene rings is 2. The average molecular weight is 393 g/mol. The third kappa shape index (κ3) is 3.67. The molecule has 1 amide bonds. The van der Waals surface area contributed by atoms with E-state index in [9.17, 15) is 4.79 Å². The molecule has 0 spiro atoms. The number of para-hydroxylation sites is 1. The van der Waals surface area contributed by atoms with Gasteiger partial charge in [0.25, 0.3) is 5.91 Å². The number of nitrogens with zero attached hydrogens (tertiary/aromatic N) is 3. The van der Waals surface area contributed by atoms with Gasteiger partial charge in [0.05, 0.1) is 5.69 Å². The molecule has 1 aromatic heterocycles. The largest absolute Gasteiger partial charge is 0.365 e. The van der Waals surface area contributed by atoms with E-state index in [2.05, 4.69) is 21.0 Å². The summed E-state index contributed by atoms with van der Waals surface area (Å²) in [5.41, 5.74) is 8.16. The first-order valence-electron chi connectivity index (χ1n) is 7.41. The van der Waals surface area contributed by atoms with Crippen molar-refractivity contribution in [3.05, 3.63) is 76.4 Å². The van der Waals surface area contributed by atoms with Crippen LogP contribution in [0.2, 0.25) is 0 Å². The van der Waals surface area contributed by atoms with Crippen LogP contribution in [0, 0.1) is 11.3 Å². The van der Waals surface area contributed by atoms with Gasteiger partial charge in [-0.3, -0.25) is 4.79 Å². The number of aromatic nitrogens is 2. The highest BCUT2D eigenvalue weighted by Gasteiger charge is 2.13. The molecule has 1 heterocycles. The topological polar surface area (TPSA) is 84.7 Å². The molecule has 0 bridgehead atoms. The highest BCUT2D eigenvalue weighted by atomic mass is 79.9. The van der Waals surface area contributed by atoms with Crippen molar-refractivity contribution in [1.29, 1.82) is 5.26 Å². The van der Waals surface area contributed by atoms with Crippen molar-refractivity contribution in [2.24, 2.45) is 5.73 Å². The molecule has 3 rings (SSSR count). The fraction of sp³-hybridized carbons (Fsp3) is 0. The van der Waals surface area contributed by atoms with Crippen LogP contribution in [0.15, 0.2) is 70.8 Å². The Kier molecular flexibility index (Phi) is 4.78. The van der Waals surface area contributed by atoms with E-state index in [1.165, 1.54) is 6.08 Å². The molecule has 0 saturated heterocycles. The molecule has 0 aliphatic carbocycles. The predicted octanol–water partition coefficient (Wildman–Crippen LogP) is 3.69. The molecule has 0 radical (unpaired) electrons. The first kappa shape index (κ1) is 16.7. The smallest absolute Gasteiger partial charge is 0.259 e. The fourth-order valence-corrected chi connectivity index (χ4v) is 2.78. The summed E-state index contributed by atoms with van der Waals surface area (Å²) >= 11 is 3.45. The molecule has 2 N–H and O–H groups in total. The molecule has 0 unspecified atom stereocenters. The molecule has 5 nitrogen and oxygen atoms in total. The van der Waals surface area contributed by atoms with E-state index < -0.39 is 5.91 Å². The third-order valence-corrected chi connectivity index (χ3v) is 4.04. The van der Waals surface area contributed by atoms with E-state index in [0.717, 1.165) is 15.7 Å². The molecule has 25 heavy (non-hydrogen) atoms. The second-order valence-electron chi connectivity index (χ2n) is 5.26. The third-order valence-electron chi connectivity index (χ3n) is 3.55. The number of carbonyl (C=O) groups excluding carboxylic acids is 1. The summed E-state index contributed by atoms with van der Waals surface area (Å²) in [7, 11) is 0. The lowest BCUT2D eigenvalue weighted by molar-refractivity contribution is -0.114. The summed E-state index contributed by atoms with van der Waals surface area (Å²) in [4.78, 5) is 11.4. The van der Waals surface area contributed by atoms with Crippen LogP contribution in [0.4, 0.5) is 0 Å². The molecule has 0 atom stereocenters. The van der Waals surface area contributed by atoms with Gasteiger partial charge in [0, 0.05) is 21.8 Å². The van der Waals surface area contributed by atoms with E-state index in [1.807, 2.05) is 60.7 Å². The molecule has 6 heteroatoms. The Balaban J connectivity index is 2.20. The van der Waals surface area contributed by atoms with E-state index in [-0.39, 0.29) is 5.57 Å². The number of nitrogens with two attached hydrogens (primary N) is 1. The van der Waals surface area contributed by atoms with E-state index in [0.29, 0.717) is 11.3 Å². The van der Waals surface area contributed by atoms with Gasteiger partial charge in [0.15, 0.2) is 0 Å². The van der Waals surface area contributed by atoms with Gasteiger partial charge >= 0.3 is 0 Å². The number of nitriles is 1. The normalized spacial score (nSPS) is 11.1. The highest BCUT2D eigenvalue weighted by Crippen LogP contribution is 2.27. The summed E-state index contributed by atoms with van der Waals surface area (Å²) in [6.45, 7) is 0. The molecule has 0 fully saturated rings. The number of rotatable bonds is 4. The number of carbonyl (C=O) groups is 1. The van der Waals surface area contributed by atoms with Crippen molar-refractivity contribution < 1.29 is 4.79 Å². The lowest BCUT2D eigenvalue weighted by Gasteiger charge is -2.01. The van der Waals surface area contributed by atoms with Crippen LogP contribution in [0.5, 0.6) is 0 Å². The molecule has 0 aliphatic rings. The molecule has 0 saturated carbocycles. The first-order valence-corrected chi connectivity index (χ1v) is 8.20. The number of primary amides is 1. The Hall–Kier alpha value is -3.17. The van der Waals surface area contributed by atoms with E-state index >= 15 is 0 Å². The first-order chi connectivity index (χ1) is 12.1. The molecular formula is C19H13BrN4O. The van der Waals surface area contributed by atoms with E-state index in [1.54, 1.807) is 10.9 Å². The van der Waals surface area contributed by atoms with Crippen LogP contribution >= 0.6 is 15.9 Å². The monoisotopic (exact) mass is 392 g/mol. The standard InChI is InChI=1S/C19H13BrN4O/c20-16-6-4-5-13(10-16)18-15(9-14(11-21)19(22)25)12-24(23-18)17-7-2-1-3-8-17/h1-10,12H,(H2,22,25). The minimum atomic E-state index is -0.768. The molecule has 2 aromatic carbocycles. The number of amides is 1. The fourth-order valence-electron chi connectivity index (χ4n) is 2.38. The lowest BCUT2D eigenvalue weighted by atomic mass is 10.1. The quantitative estimate of drug-likeness (QED) is 0.542. The molecule has 3 aromatic rings. The summed E-state index contributed by atoms with van der Waals surface area (Å²) in [6, 6.07) is 19.1. The SMILES string of the molecule is N#CC(=Cc1cn(-c2ccccc2)nc1-c1cccc(Br)c1)C(N)=O. The van der Waals surface area contributed by atoms with Crippen molar-refractivity contribution in [2.75, 3.05) is 0 Å². The van der Waals surface area contributed by atoms with Gasteiger partial charge < -0.3 is 5.73 Å². The predicted molar refractivity (Wildman–Crippen MR) is 99.5 cm³/mol. The van der Waals surface area contributed by atoms with Crippen LogP contribution < -0.4 is 5.73 Å². The maximum atomic E-state index is 11.4. The molecular weight excluding hydrogens is 380 g/mol.